The maximum atomic E-state index is 11.6. The van der Waals surface area contributed by atoms with Crippen LogP contribution >= 0.6 is 0 Å². The van der Waals surface area contributed by atoms with Crippen LogP contribution in [0.1, 0.15) is 19.3 Å². The third kappa shape index (κ3) is 2.79. The fourth-order valence-electron chi connectivity index (χ4n) is 2.03. The van der Waals surface area contributed by atoms with Crippen LogP contribution in [0, 0.1) is 5.41 Å². The number of carbonyl (C=O) groups excluding carboxylic acids is 3. The molecule has 100 valence electrons. The van der Waals surface area contributed by atoms with E-state index < -0.39 is 6.03 Å². The second-order valence-corrected chi connectivity index (χ2v) is 4.89. The van der Waals surface area contributed by atoms with Crippen molar-refractivity contribution in [2.45, 2.75) is 19.3 Å². The van der Waals surface area contributed by atoms with Gasteiger partial charge in [0.05, 0.1) is 6.54 Å². The Morgan fingerprint density at radius 1 is 1.44 bits per heavy atom. The number of aliphatic hydroxyl groups is 1. The minimum absolute atomic E-state index is 0.0295. The quantitative estimate of drug-likeness (QED) is 0.520. The Morgan fingerprint density at radius 2 is 2.17 bits per heavy atom. The summed E-state index contributed by atoms with van der Waals surface area (Å²) in [6.45, 7) is 0.333. The molecular weight excluding hydrogens is 238 g/mol. The van der Waals surface area contributed by atoms with Crippen LogP contribution in [0.4, 0.5) is 4.79 Å². The molecule has 7 nitrogen and oxygen atoms in total. The van der Waals surface area contributed by atoms with E-state index in [2.05, 4.69) is 10.6 Å². The molecule has 18 heavy (non-hydrogen) atoms. The summed E-state index contributed by atoms with van der Waals surface area (Å²) in [4.78, 5) is 35.0. The molecule has 0 bridgehead atoms. The van der Waals surface area contributed by atoms with E-state index in [1.807, 2.05) is 0 Å². The fraction of sp³-hybridized carbons (Fsp3) is 0.727. The lowest BCUT2D eigenvalue weighted by atomic mass is 10.0. The van der Waals surface area contributed by atoms with Crippen molar-refractivity contribution < 1.29 is 19.5 Å². The summed E-state index contributed by atoms with van der Waals surface area (Å²) in [7, 11) is 0. The number of imide groups is 1. The molecule has 0 spiro atoms. The number of aliphatic hydroxyl groups excluding tert-OH is 1. The molecule has 7 heteroatoms. The molecule has 1 aliphatic heterocycles. The summed E-state index contributed by atoms with van der Waals surface area (Å²) in [6.07, 6.45) is 2.67. The Bertz CT molecular complexity index is 362. The highest BCUT2D eigenvalue weighted by Gasteiger charge is 2.42. The summed E-state index contributed by atoms with van der Waals surface area (Å²) in [5.41, 5.74) is 0.0295. The van der Waals surface area contributed by atoms with Gasteiger partial charge in [0, 0.05) is 13.2 Å². The zero-order valence-corrected chi connectivity index (χ0v) is 10.1. The molecule has 4 amide bonds. The highest BCUT2D eigenvalue weighted by atomic mass is 16.3. The number of hydrogen-bond acceptors (Lipinski definition) is 4. The van der Waals surface area contributed by atoms with Crippen molar-refractivity contribution in [1.82, 2.24) is 15.5 Å². The van der Waals surface area contributed by atoms with Crippen molar-refractivity contribution in [2.24, 2.45) is 5.41 Å². The zero-order chi connectivity index (χ0) is 13.2. The van der Waals surface area contributed by atoms with E-state index in [9.17, 15) is 14.4 Å². The van der Waals surface area contributed by atoms with Gasteiger partial charge in [-0.1, -0.05) is 0 Å². The second kappa shape index (κ2) is 4.93. The van der Waals surface area contributed by atoms with Crippen molar-refractivity contribution in [2.75, 3.05) is 26.2 Å². The van der Waals surface area contributed by atoms with Crippen molar-refractivity contribution in [3.63, 3.8) is 0 Å². The van der Waals surface area contributed by atoms with Crippen LogP contribution in [0.15, 0.2) is 0 Å². The van der Waals surface area contributed by atoms with Crippen LogP contribution in [-0.4, -0.2) is 54.1 Å². The number of nitrogens with one attached hydrogen (secondary N) is 2. The maximum absolute atomic E-state index is 11.6. The van der Waals surface area contributed by atoms with Gasteiger partial charge in [-0.3, -0.25) is 14.5 Å². The molecular formula is C11H17N3O4. The Labute approximate surface area is 105 Å². The molecule has 1 saturated heterocycles. The van der Waals surface area contributed by atoms with Crippen molar-refractivity contribution in [3.05, 3.63) is 0 Å². The monoisotopic (exact) mass is 255 g/mol. The molecule has 0 atom stereocenters. The van der Waals surface area contributed by atoms with E-state index >= 15 is 0 Å². The zero-order valence-electron chi connectivity index (χ0n) is 10.1. The molecule has 0 unspecified atom stereocenters. The van der Waals surface area contributed by atoms with Gasteiger partial charge < -0.3 is 15.7 Å². The topological polar surface area (TPSA) is 98.7 Å². The van der Waals surface area contributed by atoms with Crippen LogP contribution in [0.3, 0.4) is 0 Å². The molecule has 3 N–H and O–H groups in total. The van der Waals surface area contributed by atoms with Gasteiger partial charge in [0.1, 0.15) is 6.54 Å². The van der Waals surface area contributed by atoms with E-state index in [0.29, 0.717) is 13.0 Å². The highest BCUT2D eigenvalue weighted by molar-refractivity contribution is 6.04. The van der Waals surface area contributed by atoms with Gasteiger partial charge in [-0.2, -0.15) is 0 Å². The first-order valence-corrected chi connectivity index (χ1v) is 6.02. The Hall–Kier alpha value is -1.63. The number of carbonyl (C=O) groups is 3. The first kappa shape index (κ1) is 12.8. The predicted molar refractivity (Wildman–Crippen MR) is 61.5 cm³/mol. The summed E-state index contributed by atoms with van der Waals surface area (Å²) in [5.74, 6) is -0.726. The maximum Gasteiger partial charge on any atom is 0.325 e. The average molecular weight is 255 g/mol. The summed E-state index contributed by atoms with van der Waals surface area (Å²) >= 11 is 0. The minimum atomic E-state index is -0.522. The predicted octanol–water partition coefficient (Wildman–Crippen LogP) is -1.18. The van der Waals surface area contributed by atoms with E-state index in [4.69, 9.17) is 5.11 Å². The SMILES string of the molecule is O=C(CN1C(=O)CNC1=O)NCC1(CCO)CC1. The molecule has 1 aliphatic carbocycles. The van der Waals surface area contributed by atoms with Crippen molar-refractivity contribution >= 4 is 17.8 Å². The van der Waals surface area contributed by atoms with Gasteiger partial charge in [0.25, 0.3) is 5.91 Å². The number of hydrogen-bond donors (Lipinski definition) is 3. The lowest BCUT2D eigenvalue weighted by Gasteiger charge is -2.16. The molecule has 1 heterocycles. The molecule has 2 rings (SSSR count). The Kier molecular flexibility index (Phi) is 3.51. The molecule has 0 aromatic carbocycles. The van der Waals surface area contributed by atoms with E-state index in [1.165, 1.54) is 0 Å². The van der Waals surface area contributed by atoms with E-state index in [1.54, 1.807) is 0 Å². The standard InChI is InChI=1S/C11H17N3O4/c15-4-3-11(1-2-11)7-13-8(16)6-14-9(17)5-12-10(14)18/h15H,1-7H2,(H,12,18)(H,13,16). The first-order valence-electron chi connectivity index (χ1n) is 6.02. The molecule has 0 aromatic heterocycles. The first-order chi connectivity index (χ1) is 8.56. The van der Waals surface area contributed by atoms with Gasteiger partial charge in [-0.15, -0.1) is 0 Å². The summed E-state index contributed by atoms with van der Waals surface area (Å²) in [6, 6.07) is -0.522. The summed E-state index contributed by atoms with van der Waals surface area (Å²) in [5, 5.41) is 14.0. The summed E-state index contributed by atoms with van der Waals surface area (Å²) < 4.78 is 0. The van der Waals surface area contributed by atoms with Crippen molar-refractivity contribution in [1.29, 1.82) is 0 Å². The van der Waals surface area contributed by atoms with E-state index in [-0.39, 0.29) is 36.9 Å². The van der Waals surface area contributed by atoms with Gasteiger partial charge in [-0.05, 0) is 24.7 Å². The van der Waals surface area contributed by atoms with Crippen LogP contribution in [0.5, 0.6) is 0 Å². The number of amides is 4. The smallest absolute Gasteiger partial charge is 0.325 e. The Morgan fingerprint density at radius 3 is 2.67 bits per heavy atom. The molecule has 2 aliphatic rings. The van der Waals surface area contributed by atoms with Crippen LogP contribution in [0.2, 0.25) is 0 Å². The van der Waals surface area contributed by atoms with Gasteiger partial charge in [0.15, 0.2) is 0 Å². The van der Waals surface area contributed by atoms with Crippen LogP contribution < -0.4 is 10.6 Å². The second-order valence-electron chi connectivity index (χ2n) is 4.89. The molecule has 2 fully saturated rings. The Balaban J connectivity index is 1.75. The molecule has 1 saturated carbocycles. The average Bonchev–Trinajstić information content (AvgIpc) is 3.04. The normalized spacial score (nSPS) is 20.8. The van der Waals surface area contributed by atoms with Crippen LogP contribution in [0.25, 0.3) is 0 Å². The van der Waals surface area contributed by atoms with E-state index in [0.717, 1.165) is 17.7 Å². The van der Waals surface area contributed by atoms with Crippen LogP contribution in [-0.2, 0) is 9.59 Å². The van der Waals surface area contributed by atoms with Crippen molar-refractivity contribution in [3.8, 4) is 0 Å². The van der Waals surface area contributed by atoms with Gasteiger partial charge in [-0.25, -0.2) is 4.79 Å². The minimum Gasteiger partial charge on any atom is -0.396 e. The molecule has 0 radical (unpaired) electrons. The lowest BCUT2D eigenvalue weighted by Crippen LogP contribution is -2.42. The third-order valence-electron chi connectivity index (χ3n) is 3.50. The number of rotatable bonds is 6. The molecule has 0 aromatic rings. The fourth-order valence-corrected chi connectivity index (χ4v) is 2.03. The van der Waals surface area contributed by atoms with Gasteiger partial charge >= 0.3 is 6.03 Å². The lowest BCUT2D eigenvalue weighted by molar-refractivity contribution is -0.130. The van der Waals surface area contributed by atoms with Gasteiger partial charge in [0.2, 0.25) is 5.91 Å². The number of nitrogens with zero attached hydrogens (tertiary/aromatic N) is 1. The highest BCUT2D eigenvalue weighted by Crippen LogP contribution is 2.47. The third-order valence-corrected chi connectivity index (χ3v) is 3.50. The number of urea groups is 1. The largest absolute Gasteiger partial charge is 0.396 e.